The number of nitrogens with zero attached hydrogens (tertiary/aromatic N) is 2. The smallest absolute Gasteiger partial charge is 0.348 e. The van der Waals surface area contributed by atoms with E-state index in [0.29, 0.717) is 10.7 Å². The largest absolute Gasteiger partial charge is 0.451 e. The fourth-order valence-electron chi connectivity index (χ4n) is 2.10. The third-order valence-corrected chi connectivity index (χ3v) is 5.13. The molecule has 0 aliphatic carbocycles. The van der Waals surface area contributed by atoms with Gasteiger partial charge >= 0.3 is 5.97 Å². The molecule has 0 bridgehead atoms. The summed E-state index contributed by atoms with van der Waals surface area (Å²) >= 11 is 2.93. The van der Waals surface area contributed by atoms with E-state index in [9.17, 15) is 4.79 Å². The summed E-state index contributed by atoms with van der Waals surface area (Å²) in [5, 5.41) is 6.85. The average Bonchev–Trinajstić information content (AvgIpc) is 3.31. The lowest BCUT2D eigenvalue weighted by Gasteiger charge is -1.98. The van der Waals surface area contributed by atoms with Gasteiger partial charge < -0.3 is 9.26 Å². The minimum absolute atomic E-state index is 0.0363. The molecule has 0 saturated carbocycles. The van der Waals surface area contributed by atoms with E-state index < -0.39 is 0 Å². The highest BCUT2D eigenvalue weighted by molar-refractivity contribution is 7.20. The van der Waals surface area contributed by atoms with Crippen molar-refractivity contribution in [3.05, 3.63) is 58.6 Å². The molecule has 5 nitrogen and oxygen atoms in total. The number of fused-ring (bicyclic) bond motifs is 1. The normalized spacial score (nSPS) is 11.0. The number of aromatic nitrogens is 2. The predicted octanol–water partition coefficient (Wildman–Crippen LogP) is 4.37. The van der Waals surface area contributed by atoms with Crippen LogP contribution in [0.15, 0.2) is 52.4 Å². The van der Waals surface area contributed by atoms with Gasteiger partial charge in [-0.1, -0.05) is 29.4 Å². The number of ether oxygens (including phenoxy) is 1. The summed E-state index contributed by atoms with van der Waals surface area (Å²) in [7, 11) is 0. The summed E-state index contributed by atoms with van der Waals surface area (Å²) in [6.45, 7) is -0.0363. The Morgan fingerprint density at radius 1 is 1.22 bits per heavy atom. The molecule has 114 valence electrons. The van der Waals surface area contributed by atoms with Crippen molar-refractivity contribution >= 4 is 38.7 Å². The summed E-state index contributed by atoms with van der Waals surface area (Å²) in [6, 6.07) is 13.5. The molecule has 0 aliphatic heterocycles. The Morgan fingerprint density at radius 3 is 2.96 bits per heavy atom. The monoisotopic (exact) mass is 342 g/mol. The van der Waals surface area contributed by atoms with Crippen LogP contribution in [0.2, 0.25) is 0 Å². The Kier molecular flexibility index (Phi) is 3.64. The Bertz CT molecular complexity index is 924. The molecule has 0 amide bonds. The van der Waals surface area contributed by atoms with Gasteiger partial charge in [0.05, 0.1) is 4.88 Å². The van der Waals surface area contributed by atoms with Crippen LogP contribution in [0.3, 0.4) is 0 Å². The molecule has 0 spiro atoms. The Labute approximate surface area is 139 Å². The highest BCUT2D eigenvalue weighted by Gasteiger charge is 2.15. The molecular formula is C16H10N2O3S2. The molecule has 0 radical (unpaired) electrons. The van der Waals surface area contributed by atoms with E-state index in [2.05, 4.69) is 10.1 Å². The Hall–Kier alpha value is -2.51. The van der Waals surface area contributed by atoms with Gasteiger partial charge in [-0.05, 0) is 29.0 Å². The fraction of sp³-hybridized carbons (Fsp3) is 0.0625. The van der Waals surface area contributed by atoms with E-state index in [1.165, 1.54) is 22.7 Å². The number of thiophene rings is 2. The molecule has 0 aliphatic rings. The van der Waals surface area contributed by atoms with Gasteiger partial charge in [-0.3, -0.25) is 0 Å². The van der Waals surface area contributed by atoms with Crippen molar-refractivity contribution in [2.24, 2.45) is 0 Å². The van der Waals surface area contributed by atoms with Gasteiger partial charge in [0.25, 0.3) is 5.89 Å². The number of carbonyl (C=O) groups excluding carboxylic acids is 1. The standard InChI is InChI=1S/C16H10N2O3S2/c19-16(13-8-10-4-1-2-5-11(10)23-13)20-9-14-17-15(18-21-14)12-6-3-7-22-12/h1-8H,9H2. The van der Waals surface area contributed by atoms with Crippen LogP contribution in [-0.2, 0) is 11.3 Å². The van der Waals surface area contributed by atoms with Crippen LogP contribution in [0.4, 0.5) is 0 Å². The number of carbonyl (C=O) groups is 1. The van der Waals surface area contributed by atoms with Crippen LogP contribution in [-0.4, -0.2) is 16.1 Å². The van der Waals surface area contributed by atoms with E-state index >= 15 is 0 Å². The van der Waals surface area contributed by atoms with E-state index in [1.807, 2.05) is 47.8 Å². The van der Waals surface area contributed by atoms with Gasteiger partial charge in [0, 0.05) is 4.70 Å². The van der Waals surface area contributed by atoms with Gasteiger partial charge in [0.1, 0.15) is 4.88 Å². The minimum atomic E-state index is -0.387. The second kappa shape index (κ2) is 5.94. The second-order valence-electron chi connectivity index (χ2n) is 4.71. The number of hydrogen-bond acceptors (Lipinski definition) is 7. The van der Waals surface area contributed by atoms with Gasteiger partial charge in [-0.25, -0.2) is 4.79 Å². The quantitative estimate of drug-likeness (QED) is 0.515. The molecule has 7 heteroatoms. The van der Waals surface area contributed by atoms with Crippen molar-refractivity contribution < 1.29 is 14.1 Å². The van der Waals surface area contributed by atoms with Gasteiger partial charge in [-0.15, -0.1) is 22.7 Å². The molecule has 4 rings (SSSR count). The molecule has 0 unspecified atom stereocenters. The molecule has 1 aromatic carbocycles. The summed E-state index contributed by atoms with van der Waals surface area (Å²) < 4.78 is 11.4. The first-order valence-electron chi connectivity index (χ1n) is 6.82. The van der Waals surface area contributed by atoms with E-state index in [0.717, 1.165) is 15.0 Å². The summed E-state index contributed by atoms with van der Waals surface area (Å²) in [6.07, 6.45) is 0. The molecular weight excluding hydrogens is 332 g/mol. The number of benzene rings is 1. The maximum Gasteiger partial charge on any atom is 0.348 e. The zero-order valence-electron chi connectivity index (χ0n) is 11.8. The molecule has 3 aromatic heterocycles. The van der Waals surface area contributed by atoms with E-state index in [1.54, 1.807) is 0 Å². The van der Waals surface area contributed by atoms with Crippen LogP contribution in [0.1, 0.15) is 15.6 Å². The van der Waals surface area contributed by atoms with E-state index in [4.69, 9.17) is 9.26 Å². The van der Waals surface area contributed by atoms with Gasteiger partial charge in [0.2, 0.25) is 5.82 Å². The van der Waals surface area contributed by atoms with Crippen molar-refractivity contribution in [3.8, 4) is 10.7 Å². The minimum Gasteiger partial charge on any atom is -0.451 e. The van der Waals surface area contributed by atoms with Gasteiger partial charge in [-0.2, -0.15) is 4.98 Å². The van der Waals surface area contributed by atoms with Crippen LogP contribution in [0.25, 0.3) is 20.8 Å². The van der Waals surface area contributed by atoms with Crippen molar-refractivity contribution in [3.63, 3.8) is 0 Å². The van der Waals surface area contributed by atoms with Gasteiger partial charge in [0.15, 0.2) is 6.61 Å². The molecule has 3 heterocycles. The first-order valence-corrected chi connectivity index (χ1v) is 8.51. The Balaban J connectivity index is 1.45. The zero-order valence-corrected chi connectivity index (χ0v) is 13.4. The Morgan fingerprint density at radius 2 is 2.13 bits per heavy atom. The van der Waals surface area contributed by atoms with Crippen LogP contribution in [0.5, 0.6) is 0 Å². The summed E-state index contributed by atoms with van der Waals surface area (Å²) in [5.74, 6) is 0.401. The highest BCUT2D eigenvalue weighted by atomic mass is 32.1. The third kappa shape index (κ3) is 2.88. The highest BCUT2D eigenvalue weighted by Crippen LogP contribution is 2.26. The summed E-state index contributed by atoms with van der Waals surface area (Å²) in [5.41, 5.74) is 0. The fourth-order valence-corrected chi connectivity index (χ4v) is 3.71. The SMILES string of the molecule is O=C(OCc1nc(-c2cccs2)no1)c1cc2ccccc2s1. The zero-order chi connectivity index (χ0) is 15.6. The van der Waals surface area contributed by atoms with Crippen molar-refractivity contribution in [1.82, 2.24) is 10.1 Å². The van der Waals surface area contributed by atoms with E-state index in [-0.39, 0.29) is 18.5 Å². The van der Waals surface area contributed by atoms with Crippen LogP contribution in [0, 0.1) is 0 Å². The van der Waals surface area contributed by atoms with Crippen molar-refractivity contribution in [2.75, 3.05) is 0 Å². The lowest BCUT2D eigenvalue weighted by Crippen LogP contribution is -2.03. The lowest BCUT2D eigenvalue weighted by atomic mass is 10.2. The molecule has 0 saturated heterocycles. The predicted molar refractivity (Wildman–Crippen MR) is 88.6 cm³/mol. The molecule has 4 aromatic rings. The topological polar surface area (TPSA) is 65.2 Å². The maximum atomic E-state index is 12.1. The number of hydrogen-bond donors (Lipinski definition) is 0. The maximum absolute atomic E-state index is 12.1. The van der Waals surface area contributed by atoms with Crippen LogP contribution < -0.4 is 0 Å². The van der Waals surface area contributed by atoms with Crippen molar-refractivity contribution in [1.29, 1.82) is 0 Å². The lowest BCUT2D eigenvalue weighted by molar-refractivity contribution is 0.0435. The van der Waals surface area contributed by atoms with Crippen LogP contribution >= 0.6 is 22.7 Å². The number of esters is 1. The first kappa shape index (κ1) is 14.1. The summed E-state index contributed by atoms with van der Waals surface area (Å²) in [4.78, 5) is 17.8. The molecule has 0 atom stereocenters. The third-order valence-electron chi connectivity index (χ3n) is 3.16. The molecule has 23 heavy (non-hydrogen) atoms. The number of rotatable bonds is 4. The molecule has 0 fully saturated rings. The van der Waals surface area contributed by atoms with Crippen molar-refractivity contribution in [2.45, 2.75) is 6.61 Å². The average molecular weight is 342 g/mol. The second-order valence-corrected chi connectivity index (χ2v) is 6.75. The first-order chi connectivity index (χ1) is 11.3. The molecule has 0 N–H and O–H groups in total.